The molecule has 0 amide bonds. The van der Waals surface area contributed by atoms with E-state index in [1.807, 2.05) is 26.0 Å². The highest BCUT2D eigenvalue weighted by Gasteiger charge is 2.59. The Kier molecular flexibility index (Phi) is 9.57. The van der Waals surface area contributed by atoms with Crippen LogP contribution in [-0.4, -0.2) is 67.3 Å². The Balaban J connectivity index is 1.82. The highest BCUT2D eigenvalue weighted by Crippen LogP contribution is 2.39. The number of hydrogen-bond donors (Lipinski definition) is 4. The maximum Gasteiger partial charge on any atom is 0.434 e. The molecule has 1 fully saturated rings. The van der Waals surface area contributed by atoms with Gasteiger partial charge < -0.3 is 26.0 Å². The van der Waals surface area contributed by atoms with Crippen molar-refractivity contribution in [2.24, 2.45) is 5.92 Å². The minimum absolute atomic E-state index is 0.114. The second-order valence-corrected chi connectivity index (χ2v) is 13.0. The number of benzene rings is 2. The van der Waals surface area contributed by atoms with Crippen molar-refractivity contribution in [3.8, 4) is 5.75 Å². The van der Waals surface area contributed by atoms with Gasteiger partial charge in [-0.05, 0) is 35.2 Å². The topological polar surface area (TPSA) is 122 Å². The maximum absolute atomic E-state index is 14.4. The van der Waals surface area contributed by atoms with Gasteiger partial charge in [-0.1, -0.05) is 38.1 Å². The molecule has 1 heterocycles. The zero-order valence-electron chi connectivity index (χ0n) is 22.1. The third-order valence-corrected chi connectivity index (χ3v) is 8.76. The van der Waals surface area contributed by atoms with E-state index in [-0.39, 0.29) is 18.7 Å². The maximum atomic E-state index is 14.4. The molecule has 0 spiro atoms. The van der Waals surface area contributed by atoms with E-state index in [1.54, 1.807) is 12.1 Å². The van der Waals surface area contributed by atoms with Crippen LogP contribution in [-0.2, 0) is 28.2 Å². The Morgan fingerprint density at radius 3 is 2.27 bits per heavy atom. The first kappa shape index (κ1) is 32.9. The van der Waals surface area contributed by atoms with E-state index in [2.05, 4.69) is 10.1 Å². The van der Waals surface area contributed by atoms with Gasteiger partial charge in [-0.15, -0.1) is 0 Å². The van der Waals surface area contributed by atoms with E-state index in [0.717, 1.165) is 17.2 Å². The van der Waals surface area contributed by atoms with Gasteiger partial charge >= 0.3 is 12.4 Å². The van der Waals surface area contributed by atoms with E-state index in [4.69, 9.17) is 5.73 Å². The van der Waals surface area contributed by atoms with Gasteiger partial charge in [0.1, 0.15) is 17.3 Å². The van der Waals surface area contributed by atoms with Crippen molar-refractivity contribution in [1.29, 1.82) is 0 Å². The van der Waals surface area contributed by atoms with Crippen LogP contribution in [0.4, 0.5) is 36.4 Å². The number of halogens is 7. The lowest BCUT2D eigenvalue weighted by molar-refractivity contribution is -0.299. The molecule has 0 aromatic heterocycles. The van der Waals surface area contributed by atoms with E-state index < -0.39 is 87.0 Å². The summed E-state index contributed by atoms with van der Waals surface area (Å²) in [5.41, 5.74) is 5.08. The molecular weight excluding hydrogens is 585 g/mol. The van der Waals surface area contributed by atoms with E-state index >= 15 is 0 Å². The molecule has 2 aromatic rings. The minimum atomic E-state index is -5.88. The van der Waals surface area contributed by atoms with Crippen LogP contribution in [0, 0.1) is 11.7 Å². The molecule has 3 rings (SSSR count). The van der Waals surface area contributed by atoms with Crippen LogP contribution in [0.1, 0.15) is 30.5 Å². The van der Waals surface area contributed by atoms with Crippen molar-refractivity contribution in [3.05, 3.63) is 58.9 Å². The zero-order valence-corrected chi connectivity index (χ0v) is 22.9. The van der Waals surface area contributed by atoms with Crippen LogP contribution in [0.25, 0.3) is 0 Å². The average molecular weight is 617 g/mol. The van der Waals surface area contributed by atoms with Crippen LogP contribution < -0.4 is 15.8 Å². The molecule has 5 N–H and O–H groups in total. The van der Waals surface area contributed by atoms with Gasteiger partial charge in [0, 0.05) is 23.9 Å². The highest BCUT2D eigenvalue weighted by molar-refractivity contribution is 7.91. The lowest BCUT2D eigenvalue weighted by atomic mass is 9.85. The van der Waals surface area contributed by atoms with Crippen LogP contribution >= 0.6 is 0 Å². The molecule has 1 aliphatic heterocycles. The lowest BCUT2D eigenvalue weighted by Gasteiger charge is -2.35. The predicted molar refractivity (Wildman–Crippen MR) is 136 cm³/mol. The summed E-state index contributed by atoms with van der Waals surface area (Å²) >= 11 is 0. The summed E-state index contributed by atoms with van der Waals surface area (Å²) in [6, 6.07) is 7.60. The van der Waals surface area contributed by atoms with Crippen LogP contribution in [0.3, 0.4) is 0 Å². The summed E-state index contributed by atoms with van der Waals surface area (Å²) < 4.78 is 122. The Labute approximate surface area is 232 Å². The number of anilines is 1. The number of aliphatic hydroxyl groups is 2. The monoisotopic (exact) mass is 616 g/mol. The molecule has 0 unspecified atom stereocenters. The van der Waals surface area contributed by atoms with Crippen LogP contribution in [0.15, 0.2) is 36.4 Å². The number of sulfone groups is 1. The molecule has 0 saturated carbocycles. The number of alkyl halides is 6. The van der Waals surface area contributed by atoms with Crippen molar-refractivity contribution in [3.63, 3.8) is 0 Å². The number of nitrogens with two attached hydrogens (primary N) is 1. The summed E-state index contributed by atoms with van der Waals surface area (Å²) in [7, 11) is -3.76. The molecular formula is C26H31F7N2O5S. The van der Waals surface area contributed by atoms with Gasteiger partial charge in [-0.3, -0.25) is 0 Å². The molecule has 15 heteroatoms. The van der Waals surface area contributed by atoms with Crippen molar-refractivity contribution >= 4 is 15.5 Å². The number of rotatable bonds is 9. The minimum Gasteiger partial charge on any atom is -0.469 e. The number of aliphatic hydroxyl groups excluding tert-OH is 2. The fourth-order valence-corrected chi connectivity index (χ4v) is 6.57. The second kappa shape index (κ2) is 11.9. The molecule has 1 saturated heterocycles. The van der Waals surface area contributed by atoms with Gasteiger partial charge in [-0.25, -0.2) is 12.8 Å². The molecule has 2 aromatic carbocycles. The quantitative estimate of drug-likeness (QED) is 0.251. The summed E-state index contributed by atoms with van der Waals surface area (Å²) in [6.07, 6.45) is -17.8. The average Bonchev–Trinajstić information content (AvgIpc) is 2.84. The van der Waals surface area contributed by atoms with E-state index in [9.17, 15) is 49.4 Å². The number of ether oxygens (including phenoxy) is 1. The SMILES string of the molecule is CC(C)(CO)c1cccc(CN[C@H]2CS(=O)(=O)C[C@@H](Cc3cc(F)c(N)c(OC(C(F)(F)F)C(F)(F)F)c3)[C@@H]2O)c1. The van der Waals surface area contributed by atoms with Crippen molar-refractivity contribution in [2.45, 2.75) is 62.8 Å². The number of hydrogen-bond acceptors (Lipinski definition) is 7. The summed E-state index contributed by atoms with van der Waals surface area (Å²) in [5, 5.41) is 23.6. The third-order valence-electron chi connectivity index (χ3n) is 6.96. The fraction of sp³-hybridized carbons (Fsp3) is 0.538. The van der Waals surface area contributed by atoms with Gasteiger partial charge in [0.05, 0.1) is 24.2 Å². The fourth-order valence-electron chi connectivity index (χ4n) is 4.61. The van der Waals surface area contributed by atoms with Gasteiger partial charge in [-0.2, -0.15) is 26.3 Å². The molecule has 0 aliphatic carbocycles. The third kappa shape index (κ3) is 8.23. The molecule has 0 bridgehead atoms. The molecule has 7 nitrogen and oxygen atoms in total. The summed E-state index contributed by atoms with van der Waals surface area (Å²) in [6.45, 7) is 3.70. The first-order valence-electron chi connectivity index (χ1n) is 12.4. The van der Waals surface area contributed by atoms with Gasteiger partial charge in [0.2, 0.25) is 0 Å². The summed E-state index contributed by atoms with van der Waals surface area (Å²) in [5.74, 6) is -4.65. The van der Waals surface area contributed by atoms with Gasteiger partial charge in [0.15, 0.2) is 9.84 Å². The molecule has 230 valence electrons. The normalized spacial score (nSPS) is 21.7. The number of nitrogens with one attached hydrogen (secondary N) is 1. The Bertz CT molecular complexity index is 1320. The number of nitrogen functional groups attached to an aromatic ring is 1. The Morgan fingerprint density at radius 2 is 1.68 bits per heavy atom. The highest BCUT2D eigenvalue weighted by atomic mass is 32.2. The standard InChI is InChI=1S/C26H31F7N2O5S/c1-24(2,13-36)17-5-3-4-14(7-17)10-35-19-12-41(38,39)11-16(22(19)37)6-15-8-18(27)21(34)20(9-15)40-23(25(28,29)30)26(31,32)33/h3-5,7-9,16,19,22-23,35-37H,6,10-13,34H2,1-2H3/t16-,19+,22+/m1/s1. The smallest absolute Gasteiger partial charge is 0.434 e. The van der Waals surface area contributed by atoms with Gasteiger partial charge in [0.25, 0.3) is 6.10 Å². The first-order chi connectivity index (χ1) is 18.7. The van der Waals surface area contributed by atoms with E-state index in [0.29, 0.717) is 6.07 Å². The Hall–Kier alpha value is -2.62. The van der Waals surface area contributed by atoms with Crippen molar-refractivity contribution in [1.82, 2.24) is 5.32 Å². The molecule has 41 heavy (non-hydrogen) atoms. The molecule has 0 radical (unpaired) electrons. The van der Waals surface area contributed by atoms with E-state index in [1.165, 1.54) is 0 Å². The molecule has 3 atom stereocenters. The first-order valence-corrected chi connectivity index (χ1v) is 14.3. The second-order valence-electron chi connectivity index (χ2n) is 10.8. The lowest BCUT2D eigenvalue weighted by Crippen LogP contribution is -2.54. The Morgan fingerprint density at radius 1 is 1.05 bits per heavy atom. The van der Waals surface area contributed by atoms with Crippen LogP contribution in [0.2, 0.25) is 0 Å². The van der Waals surface area contributed by atoms with Crippen LogP contribution in [0.5, 0.6) is 5.75 Å². The predicted octanol–water partition coefficient (Wildman–Crippen LogP) is 3.66. The van der Waals surface area contributed by atoms with Crippen molar-refractivity contribution < 1.29 is 54.1 Å². The van der Waals surface area contributed by atoms with Crippen molar-refractivity contribution in [2.75, 3.05) is 23.8 Å². The molecule has 1 aliphatic rings. The summed E-state index contributed by atoms with van der Waals surface area (Å²) in [4.78, 5) is 0. The zero-order chi connectivity index (χ0) is 31.0. The largest absolute Gasteiger partial charge is 0.469 e.